The average Bonchev–Trinajstić information content (AvgIpc) is 2.58. The molecule has 0 bridgehead atoms. The second-order valence-corrected chi connectivity index (χ2v) is 3.79. The maximum atomic E-state index is 11.7. The number of hydrogen-bond donors (Lipinski definition) is 2. The molecule has 1 aromatic heterocycles. The summed E-state index contributed by atoms with van der Waals surface area (Å²) in [5, 5.41) is 9.36. The predicted molar refractivity (Wildman–Crippen MR) is 61.7 cm³/mol. The molecule has 2 N–H and O–H groups in total. The summed E-state index contributed by atoms with van der Waals surface area (Å²) in [5.74, 6) is 0.594. The number of hydrogen-bond acceptors (Lipinski definition) is 4. The van der Waals surface area contributed by atoms with E-state index in [9.17, 15) is 4.79 Å². The van der Waals surface area contributed by atoms with E-state index in [-0.39, 0.29) is 11.9 Å². The standard InChI is InChI=1S/C9H16N4O2S/c1-6(8(14)10-4-5-15-3)13-7(2)11-12-9(13)16/h6H,4-5H2,1-3H3,(H,10,14)(H,12,16). The van der Waals surface area contributed by atoms with Gasteiger partial charge in [0.15, 0.2) is 4.77 Å². The first-order chi connectivity index (χ1) is 7.57. The molecule has 1 amide bonds. The molecule has 0 fully saturated rings. The van der Waals surface area contributed by atoms with Gasteiger partial charge in [0.05, 0.1) is 6.61 Å². The molecule has 0 aromatic carbocycles. The van der Waals surface area contributed by atoms with Crippen LogP contribution in [0.4, 0.5) is 0 Å². The Morgan fingerprint density at radius 3 is 2.94 bits per heavy atom. The summed E-state index contributed by atoms with van der Waals surface area (Å²) in [7, 11) is 1.59. The summed E-state index contributed by atoms with van der Waals surface area (Å²) in [6.45, 7) is 4.56. The van der Waals surface area contributed by atoms with Gasteiger partial charge in [0, 0.05) is 13.7 Å². The van der Waals surface area contributed by atoms with Gasteiger partial charge in [-0.15, -0.1) is 0 Å². The normalized spacial score (nSPS) is 12.4. The Bertz CT molecular complexity index is 412. The zero-order valence-electron chi connectivity index (χ0n) is 9.61. The highest BCUT2D eigenvalue weighted by Gasteiger charge is 2.17. The highest BCUT2D eigenvalue weighted by molar-refractivity contribution is 7.71. The molecule has 0 radical (unpaired) electrons. The monoisotopic (exact) mass is 244 g/mol. The summed E-state index contributed by atoms with van der Waals surface area (Å²) in [6, 6.07) is -0.372. The molecule has 0 aliphatic rings. The topological polar surface area (TPSA) is 71.9 Å². The molecule has 0 saturated carbocycles. The molecule has 1 heterocycles. The van der Waals surface area contributed by atoms with E-state index in [4.69, 9.17) is 17.0 Å². The molecule has 1 unspecified atom stereocenters. The fraction of sp³-hybridized carbons (Fsp3) is 0.667. The Balaban J connectivity index is 2.67. The summed E-state index contributed by atoms with van der Waals surface area (Å²) in [4.78, 5) is 11.7. The minimum absolute atomic E-state index is 0.0994. The van der Waals surface area contributed by atoms with E-state index >= 15 is 0 Å². The number of nitrogens with zero attached hydrogens (tertiary/aromatic N) is 2. The fourth-order valence-corrected chi connectivity index (χ4v) is 1.72. The number of aromatic amines is 1. The van der Waals surface area contributed by atoms with Crippen LogP contribution in [0.5, 0.6) is 0 Å². The smallest absolute Gasteiger partial charge is 0.243 e. The molecule has 0 spiro atoms. The number of aromatic nitrogens is 3. The van der Waals surface area contributed by atoms with E-state index in [2.05, 4.69) is 15.5 Å². The number of H-pyrrole nitrogens is 1. The molecular formula is C9H16N4O2S. The fourth-order valence-electron chi connectivity index (χ4n) is 1.38. The number of amides is 1. The Kier molecular flexibility index (Phi) is 4.63. The van der Waals surface area contributed by atoms with E-state index in [0.29, 0.717) is 23.7 Å². The molecule has 6 nitrogen and oxygen atoms in total. The molecule has 1 rings (SSSR count). The average molecular weight is 244 g/mol. The quantitative estimate of drug-likeness (QED) is 0.587. The molecule has 1 atom stereocenters. The largest absolute Gasteiger partial charge is 0.383 e. The molecule has 0 aliphatic heterocycles. The van der Waals surface area contributed by atoms with Gasteiger partial charge in [0.1, 0.15) is 11.9 Å². The van der Waals surface area contributed by atoms with Crippen LogP contribution in [0.2, 0.25) is 0 Å². The van der Waals surface area contributed by atoms with Crippen molar-refractivity contribution in [2.24, 2.45) is 0 Å². The van der Waals surface area contributed by atoms with Gasteiger partial charge in [-0.05, 0) is 26.1 Å². The number of rotatable bonds is 5. The van der Waals surface area contributed by atoms with Gasteiger partial charge >= 0.3 is 0 Å². The van der Waals surface area contributed by atoms with Crippen molar-refractivity contribution in [2.45, 2.75) is 19.9 Å². The Morgan fingerprint density at radius 2 is 2.44 bits per heavy atom. The predicted octanol–water partition coefficient (Wildman–Crippen LogP) is 0.573. The maximum absolute atomic E-state index is 11.7. The second-order valence-electron chi connectivity index (χ2n) is 3.41. The lowest BCUT2D eigenvalue weighted by Gasteiger charge is -2.14. The Labute approximate surface area is 99.0 Å². The summed E-state index contributed by atoms with van der Waals surface area (Å²) < 4.78 is 6.98. The van der Waals surface area contributed by atoms with Crippen LogP contribution in [0.1, 0.15) is 18.8 Å². The van der Waals surface area contributed by atoms with Crippen LogP contribution in [0.25, 0.3) is 0 Å². The van der Waals surface area contributed by atoms with Crippen LogP contribution in [0, 0.1) is 11.7 Å². The molecule has 90 valence electrons. The maximum Gasteiger partial charge on any atom is 0.243 e. The Morgan fingerprint density at radius 1 is 1.75 bits per heavy atom. The van der Waals surface area contributed by atoms with Crippen molar-refractivity contribution in [2.75, 3.05) is 20.3 Å². The molecule has 7 heteroatoms. The van der Waals surface area contributed by atoms with Crippen LogP contribution >= 0.6 is 12.2 Å². The SMILES string of the molecule is COCCNC(=O)C(C)n1c(C)n[nH]c1=S. The van der Waals surface area contributed by atoms with Gasteiger partial charge in [0.25, 0.3) is 0 Å². The molecule has 16 heavy (non-hydrogen) atoms. The summed E-state index contributed by atoms with van der Waals surface area (Å²) in [6.07, 6.45) is 0. The second kappa shape index (κ2) is 5.76. The van der Waals surface area contributed by atoms with Crippen LogP contribution in [-0.4, -0.2) is 40.9 Å². The first kappa shape index (κ1) is 12.9. The van der Waals surface area contributed by atoms with E-state index in [1.807, 2.05) is 0 Å². The minimum Gasteiger partial charge on any atom is -0.383 e. The van der Waals surface area contributed by atoms with Gasteiger partial charge in [-0.25, -0.2) is 0 Å². The van der Waals surface area contributed by atoms with Crippen molar-refractivity contribution in [3.8, 4) is 0 Å². The van der Waals surface area contributed by atoms with Crippen LogP contribution in [-0.2, 0) is 9.53 Å². The lowest BCUT2D eigenvalue weighted by Crippen LogP contribution is -2.33. The number of ether oxygens (including phenoxy) is 1. The van der Waals surface area contributed by atoms with Crippen molar-refractivity contribution in [1.82, 2.24) is 20.1 Å². The zero-order chi connectivity index (χ0) is 12.1. The van der Waals surface area contributed by atoms with Crippen LogP contribution in [0.15, 0.2) is 0 Å². The van der Waals surface area contributed by atoms with Gasteiger partial charge in [0.2, 0.25) is 5.91 Å². The number of carbonyl (C=O) groups excluding carboxylic acids is 1. The van der Waals surface area contributed by atoms with E-state index < -0.39 is 0 Å². The number of aryl methyl sites for hydroxylation is 1. The van der Waals surface area contributed by atoms with E-state index in [1.165, 1.54) is 0 Å². The van der Waals surface area contributed by atoms with Crippen molar-refractivity contribution in [3.63, 3.8) is 0 Å². The summed E-state index contributed by atoms with van der Waals surface area (Å²) in [5.41, 5.74) is 0. The first-order valence-electron chi connectivity index (χ1n) is 4.98. The van der Waals surface area contributed by atoms with Gasteiger partial charge in [-0.1, -0.05) is 0 Å². The third-order valence-corrected chi connectivity index (χ3v) is 2.54. The van der Waals surface area contributed by atoms with Crippen LogP contribution in [0.3, 0.4) is 0 Å². The molecule has 1 aromatic rings. The first-order valence-corrected chi connectivity index (χ1v) is 5.39. The number of methoxy groups -OCH3 is 1. The van der Waals surface area contributed by atoms with Crippen LogP contribution < -0.4 is 5.32 Å². The lowest BCUT2D eigenvalue weighted by atomic mass is 10.3. The van der Waals surface area contributed by atoms with Crippen molar-refractivity contribution in [1.29, 1.82) is 0 Å². The molecular weight excluding hydrogens is 228 g/mol. The number of carbonyl (C=O) groups is 1. The lowest BCUT2D eigenvalue weighted by molar-refractivity contribution is -0.124. The van der Waals surface area contributed by atoms with Crippen molar-refractivity contribution in [3.05, 3.63) is 10.6 Å². The third kappa shape index (κ3) is 2.89. The van der Waals surface area contributed by atoms with E-state index in [1.54, 1.807) is 25.5 Å². The van der Waals surface area contributed by atoms with Crippen molar-refractivity contribution >= 4 is 18.1 Å². The van der Waals surface area contributed by atoms with Gasteiger partial charge in [-0.2, -0.15) is 5.10 Å². The summed E-state index contributed by atoms with van der Waals surface area (Å²) >= 11 is 5.04. The van der Waals surface area contributed by atoms with Gasteiger partial charge < -0.3 is 10.1 Å². The number of nitrogens with one attached hydrogen (secondary N) is 2. The minimum atomic E-state index is -0.372. The zero-order valence-corrected chi connectivity index (χ0v) is 10.4. The highest BCUT2D eigenvalue weighted by atomic mass is 32.1. The molecule has 0 saturated heterocycles. The van der Waals surface area contributed by atoms with Gasteiger partial charge in [-0.3, -0.25) is 14.5 Å². The molecule has 0 aliphatic carbocycles. The highest BCUT2D eigenvalue weighted by Crippen LogP contribution is 2.08. The third-order valence-electron chi connectivity index (χ3n) is 2.25. The van der Waals surface area contributed by atoms with Crippen molar-refractivity contribution < 1.29 is 9.53 Å². The Hall–Kier alpha value is -1.21. The van der Waals surface area contributed by atoms with E-state index in [0.717, 1.165) is 0 Å².